The van der Waals surface area contributed by atoms with E-state index in [1.165, 1.54) is 32.0 Å². The van der Waals surface area contributed by atoms with Gasteiger partial charge in [0, 0.05) is 27.2 Å². The van der Waals surface area contributed by atoms with Gasteiger partial charge in [0.05, 0.1) is 0 Å². The molecular weight excluding hydrogens is 308 g/mol. The molecule has 0 unspecified atom stereocenters. The molecule has 1 atom stereocenters. The number of carboxylic acids is 1. The van der Waals surface area contributed by atoms with Crippen LogP contribution in [0.2, 0.25) is 0 Å². The van der Waals surface area contributed by atoms with Gasteiger partial charge < -0.3 is 19.3 Å². The SMILES string of the molecule is CC(=O)Oc1ccc(C[C@@H](OC(C)=O)C(=O)O)cc1OC(C)=O. The van der Waals surface area contributed by atoms with Gasteiger partial charge in [0.2, 0.25) is 6.10 Å². The highest BCUT2D eigenvalue weighted by Gasteiger charge is 2.22. The molecule has 1 N–H and O–H groups in total. The lowest BCUT2D eigenvalue weighted by Crippen LogP contribution is -2.28. The van der Waals surface area contributed by atoms with Crippen LogP contribution in [0.4, 0.5) is 0 Å². The van der Waals surface area contributed by atoms with Gasteiger partial charge in [-0.1, -0.05) is 6.07 Å². The largest absolute Gasteiger partial charge is 0.478 e. The topological polar surface area (TPSA) is 116 Å². The average Bonchev–Trinajstić information content (AvgIpc) is 2.39. The van der Waals surface area contributed by atoms with Gasteiger partial charge in [0.15, 0.2) is 11.5 Å². The second-order valence-corrected chi connectivity index (χ2v) is 4.61. The van der Waals surface area contributed by atoms with E-state index < -0.39 is 30.0 Å². The lowest BCUT2D eigenvalue weighted by atomic mass is 10.1. The van der Waals surface area contributed by atoms with Crippen LogP contribution in [0.25, 0.3) is 0 Å². The first kappa shape index (κ1) is 18.1. The van der Waals surface area contributed by atoms with Crippen LogP contribution < -0.4 is 9.47 Å². The predicted molar refractivity (Wildman–Crippen MR) is 76.0 cm³/mol. The second kappa shape index (κ2) is 7.92. The van der Waals surface area contributed by atoms with Crippen LogP contribution in [0.15, 0.2) is 18.2 Å². The Kier molecular flexibility index (Phi) is 6.25. The molecule has 0 saturated carbocycles. The van der Waals surface area contributed by atoms with Gasteiger partial charge in [0.25, 0.3) is 0 Å². The maximum absolute atomic E-state index is 11.1. The Morgan fingerprint density at radius 2 is 1.52 bits per heavy atom. The third kappa shape index (κ3) is 6.16. The molecular formula is C15H16O8. The van der Waals surface area contributed by atoms with E-state index in [0.717, 1.165) is 6.92 Å². The highest BCUT2D eigenvalue weighted by molar-refractivity contribution is 5.77. The smallest absolute Gasteiger partial charge is 0.345 e. The number of hydrogen-bond donors (Lipinski definition) is 1. The van der Waals surface area contributed by atoms with Crippen molar-refractivity contribution in [2.45, 2.75) is 33.3 Å². The summed E-state index contributed by atoms with van der Waals surface area (Å²) in [6, 6.07) is 4.19. The minimum Gasteiger partial charge on any atom is -0.478 e. The van der Waals surface area contributed by atoms with E-state index in [9.17, 15) is 19.2 Å². The van der Waals surface area contributed by atoms with Gasteiger partial charge in [0.1, 0.15) is 0 Å². The molecule has 8 heteroatoms. The van der Waals surface area contributed by atoms with E-state index in [2.05, 4.69) is 0 Å². The van der Waals surface area contributed by atoms with Crippen LogP contribution in [-0.4, -0.2) is 35.1 Å². The molecule has 0 aliphatic heterocycles. The van der Waals surface area contributed by atoms with Crippen LogP contribution in [0.3, 0.4) is 0 Å². The predicted octanol–water partition coefficient (Wildman–Crippen LogP) is 1.10. The zero-order valence-electron chi connectivity index (χ0n) is 12.8. The number of ether oxygens (including phenoxy) is 3. The molecule has 8 nitrogen and oxygen atoms in total. The van der Waals surface area contributed by atoms with E-state index in [1.54, 1.807) is 0 Å². The van der Waals surface area contributed by atoms with Gasteiger partial charge in [-0.25, -0.2) is 4.79 Å². The first-order chi connectivity index (χ1) is 10.7. The Morgan fingerprint density at radius 3 is 2.00 bits per heavy atom. The van der Waals surface area contributed by atoms with Crippen molar-refractivity contribution < 1.29 is 38.5 Å². The van der Waals surface area contributed by atoms with Crippen molar-refractivity contribution >= 4 is 23.9 Å². The fourth-order valence-corrected chi connectivity index (χ4v) is 1.75. The quantitative estimate of drug-likeness (QED) is 0.610. The van der Waals surface area contributed by atoms with Crippen LogP contribution in [0.1, 0.15) is 26.3 Å². The Morgan fingerprint density at radius 1 is 0.957 bits per heavy atom. The standard InChI is InChI=1S/C15H16O8/c1-8(16)21-12-5-4-11(6-13(12)22-9(2)17)7-14(15(19)20)23-10(3)18/h4-6,14H,7H2,1-3H3,(H,19,20)/t14-/m1/s1. The van der Waals surface area contributed by atoms with Gasteiger partial charge in [-0.2, -0.15) is 0 Å². The van der Waals surface area contributed by atoms with E-state index in [1.807, 2.05) is 0 Å². The number of hydrogen-bond acceptors (Lipinski definition) is 7. The van der Waals surface area contributed by atoms with Crippen LogP contribution in [0, 0.1) is 0 Å². The Labute approximate surface area is 131 Å². The molecule has 0 saturated heterocycles. The number of benzene rings is 1. The first-order valence-electron chi connectivity index (χ1n) is 6.58. The molecule has 124 valence electrons. The summed E-state index contributed by atoms with van der Waals surface area (Å²) in [5.41, 5.74) is 0.422. The summed E-state index contributed by atoms with van der Waals surface area (Å²) in [4.78, 5) is 44.1. The third-order valence-corrected chi connectivity index (χ3v) is 2.52. The summed E-state index contributed by atoms with van der Waals surface area (Å²) < 4.78 is 14.5. The Balaban J connectivity index is 3.07. The first-order valence-corrected chi connectivity index (χ1v) is 6.58. The number of rotatable bonds is 6. The molecule has 1 aromatic carbocycles. The number of carbonyl (C=O) groups excluding carboxylic acids is 3. The lowest BCUT2D eigenvalue weighted by molar-refractivity contribution is -0.162. The van der Waals surface area contributed by atoms with Crippen LogP contribution >= 0.6 is 0 Å². The molecule has 0 heterocycles. The summed E-state index contributed by atoms with van der Waals surface area (Å²) in [6.45, 7) is 3.46. The molecule has 0 fully saturated rings. The van der Waals surface area contributed by atoms with E-state index >= 15 is 0 Å². The molecule has 1 rings (SSSR count). The van der Waals surface area contributed by atoms with Crippen LogP contribution in [-0.2, 0) is 30.3 Å². The van der Waals surface area contributed by atoms with Crippen molar-refractivity contribution in [2.75, 3.05) is 0 Å². The monoisotopic (exact) mass is 324 g/mol. The Hall–Kier alpha value is -2.90. The number of carboxylic acid groups (broad SMARTS) is 1. The molecule has 0 bridgehead atoms. The highest BCUT2D eigenvalue weighted by atomic mass is 16.6. The minimum atomic E-state index is -1.38. The third-order valence-electron chi connectivity index (χ3n) is 2.52. The van der Waals surface area contributed by atoms with Gasteiger partial charge in [-0.3, -0.25) is 14.4 Å². The van der Waals surface area contributed by atoms with Crippen molar-refractivity contribution in [2.24, 2.45) is 0 Å². The summed E-state index contributed by atoms with van der Waals surface area (Å²) in [5, 5.41) is 9.04. The van der Waals surface area contributed by atoms with E-state index in [4.69, 9.17) is 19.3 Å². The molecule has 23 heavy (non-hydrogen) atoms. The Bertz CT molecular complexity index is 634. The van der Waals surface area contributed by atoms with E-state index in [0.29, 0.717) is 5.56 Å². The van der Waals surface area contributed by atoms with Crippen molar-refractivity contribution in [3.8, 4) is 11.5 Å². The number of carbonyl (C=O) groups is 4. The summed E-state index contributed by atoms with van der Waals surface area (Å²) in [5.74, 6) is -3.28. The van der Waals surface area contributed by atoms with Gasteiger partial charge in [-0.05, 0) is 17.7 Å². The molecule has 0 amide bonds. The zero-order valence-corrected chi connectivity index (χ0v) is 12.8. The molecule has 1 aromatic rings. The second-order valence-electron chi connectivity index (χ2n) is 4.61. The highest BCUT2D eigenvalue weighted by Crippen LogP contribution is 2.29. The fourth-order valence-electron chi connectivity index (χ4n) is 1.75. The minimum absolute atomic E-state index is 0.0239. The fraction of sp³-hybridized carbons (Fsp3) is 0.333. The van der Waals surface area contributed by atoms with Crippen molar-refractivity contribution in [3.63, 3.8) is 0 Å². The number of aliphatic carboxylic acids is 1. The normalized spacial score (nSPS) is 11.3. The maximum Gasteiger partial charge on any atom is 0.345 e. The van der Waals surface area contributed by atoms with E-state index in [-0.39, 0.29) is 17.9 Å². The van der Waals surface area contributed by atoms with Gasteiger partial charge in [-0.15, -0.1) is 0 Å². The molecule has 0 spiro atoms. The zero-order chi connectivity index (χ0) is 17.6. The van der Waals surface area contributed by atoms with Crippen molar-refractivity contribution in [1.82, 2.24) is 0 Å². The van der Waals surface area contributed by atoms with Gasteiger partial charge >= 0.3 is 23.9 Å². The summed E-state index contributed by atoms with van der Waals surface area (Å²) >= 11 is 0. The molecule has 0 aliphatic rings. The maximum atomic E-state index is 11.1. The average molecular weight is 324 g/mol. The molecule has 0 aromatic heterocycles. The summed E-state index contributed by atoms with van der Waals surface area (Å²) in [6.07, 6.45) is -1.51. The lowest BCUT2D eigenvalue weighted by Gasteiger charge is -2.14. The molecule has 0 radical (unpaired) electrons. The molecule has 0 aliphatic carbocycles. The summed E-state index contributed by atoms with van der Waals surface area (Å²) in [7, 11) is 0. The number of esters is 3. The van der Waals surface area contributed by atoms with Crippen LogP contribution in [0.5, 0.6) is 11.5 Å². The van der Waals surface area contributed by atoms with Crippen molar-refractivity contribution in [1.29, 1.82) is 0 Å². The van der Waals surface area contributed by atoms with Crippen molar-refractivity contribution in [3.05, 3.63) is 23.8 Å².